The molecule has 5 aliphatic heterocycles. The maximum absolute atomic E-state index is 14.4. The van der Waals surface area contributed by atoms with Gasteiger partial charge in [-0.05, 0) is 75.4 Å². The maximum atomic E-state index is 14.4. The highest BCUT2D eigenvalue weighted by atomic mass is 16.7. The van der Waals surface area contributed by atoms with E-state index in [0.717, 1.165) is 31.3 Å². The van der Waals surface area contributed by atoms with Crippen LogP contribution in [0.1, 0.15) is 105 Å². The van der Waals surface area contributed by atoms with Gasteiger partial charge < -0.3 is 43.8 Å². The van der Waals surface area contributed by atoms with Crippen molar-refractivity contribution in [1.82, 2.24) is 0 Å². The van der Waals surface area contributed by atoms with E-state index in [9.17, 15) is 20.2 Å². The second-order valence-electron chi connectivity index (χ2n) is 17.5. The molecule has 300 valence electrons. The fourth-order valence-corrected chi connectivity index (χ4v) is 10.9. The number of aliphatic hydroxyl groups is 2. The van der Waals surface area contributed by atoms with Gasteiger partial charge in [-0.3, -0.25) is 4.79 Å². The number of aliphatic hydroxyl groups excluding tert-OH is 1. The first-order valence-corrected chi connectivity index (χ1v) is 20.6. The third-order valence-corrected chi connectivity index (χ3v) is 13.9. The minimum absolute atomic E-state index is 0.0154. The van der Waals surface area contributed by atoms with E-state index < -0.39 is 47.7 Å². The van der Waals surface area contributed by atoms with Crippen LogP contribution in [0.4, 0.5) is 0 Å². The minimum atomic E-state index is -1.81. The summed E-state index contributed by atoms with van der Waals surface area (Å²) < 4.78 is 39.0. The van der Waals surface area contributed by atoms with Crippen LogP contribution in [0.25, 0.3) is 0 Å². The first kappa shape index (κ1) is 39.8. The molecule has 0 radical (unpaired) electrons. The summed E-state index contributed by atoms with van der Waals surface area (Å²) in [5.74, 6) is -1.67. The van der Waals surface area contributed by atoms with Crippen LogP contribution in [0.15, 0.2) is 52.3 Å². The van der Waals surface area contributed by atoms with Gasteiger partial charge in [-0.25, -0.2) is 0 Å². The number of fused-ring (bicyclic) bond motifs is 2. The predicted molar refractivity (Wildman–Crippen MR) is 202 cm³/mol. The molecule has 14 atom stereocenters. The standard InChI is InChI=1S/C43H63NO10/c1-24-11-10-14-30-23-50-40-37(44-48)27(4)19-33(43(30,40)47)41(46)52-32-20-31(16-15-25(2)36(24)34-21-35(49-6)38(45)28(5)51-34)53-42(22-32)18-17-26(3)39(54-42)29-12-8-7-9-13-29/h10-11,14-15,19,24,26,28-29,31-36,38-40,45,47-48H,7-9,12-13,16-18,20-23H2,1-6H3/b11-10+,25-15+,30-14+,44-37-/t24-,26-,28-,31+,32-,33-,34?,35-,36-,38-,39-,40+,42+,43+/m0/s1. The Morgan fingerprint density at radius 3 is 2.54 bits per heavy atom. The van der Waals surface area contributed by atoms with E-state index in [-0.39, 0.29) is 48.6 Å². The number of methoxy groups -OCH3 is 1. The zero-order valence-electron chi connectivity index (χ0n) is 33.0. The summed E-state index contributed by atoms with van der Waals surface area (Å²) in [6.45, 7) is 10.3. The fraction of sp³-hybridized carbons (Fsp3) is 0.767. The molecule has 1 saturated carbocycles. The molecule has 3 N–H and O–H groups in total. The smallest absolute Gasteiger partial charge is 0.316 e. The lowest BCUT2D eigenvalue weighted by Crippen LogP contribution is -2.57. The molecule has 11 nitrogen and oxygen atoms in total. The average molecular weight is 754 g/mol. The first-order chi connectivity index (χ1) is 25.9. The highest BCUT2D eigenvalue weighted by Crippen LogP contribution is 2.48. The molecule has 4 saturated heterocycles. The average Bonchev–Trinajstić information content (AvgIpc) is 3.49. The zero-order valence-corrected chi connectivity index (χ0v) is 33.0. The summed E-state index contributed by atoms with van der Waals surface area (Å²) in [5.41, 5.74) is 0.585. The summed E-state index contributed by atoms with van der Waals surface area (Å²) in [4.78, 5) is 14.4. The van der Waals surface area contributed by atoms with Gasteiger partial charge in [0.15, 0.2) is 5.79 Å². The Hall–Kier alpha value is -2.38. The van der Waals surface area contributed by atoms with E-state index in [1.807, 2.05) is 19.1 Å². The van der Waals surface area contributed by atoms with Gasteiger partial charge in [0.05, 0.1) is 37.1 Å². The van der Waals surface area contributed by atoms with Crippen molar-refractivity contribution in [3.63, 3.8) is 0 Å². The lowest BCUT2D eigenvalue weighted by atomic mass is 9.71. The third-order valence-electron chi connectivity index (χ3n) is 13.9. The van der Waals surface area contributed by atoms with Gasteiger partial charge in [0.2, 0.25) is 0 Å². The number of allylic oxidation sites excluding steroid dienone is 3. The van der Waals surface area contributed by atoms with Crippen LogP contribution in [0.3, 0.4) is 0 Å². The molecule has 1 unspecified atom stereocenters. The van der Waals surface area contributed by atoms with Gasteiger partial charge >= 0.3 is 5.97 Å². The lowest BCUT2D eigenvalue weighted by Gasteiger charge is -2.51. The fourth-order valence-electron chi connectivity index (χ4n) is 10.9. The van der Waals surface area contributed by atoms with Crippen LogP contribution in [0.2, 0.25) is 0 Å². The van der Waals surface area contributed by atoms with Crippen LogP contribution in [0.5, 0.6) is 0 Å². The summed E-state index contributed by atoms with van der Waals surface area (Å²) in [6.07, 6.45) is 16.1. The predicted octanol–water partition coefficient (Wildman–Crippen LogP) is 6.34. The van der Waals surface area contributed by atoms with Gasteiger partial charge in [-0.2, -0.15) is 0 Å². The number of nitrogens with zero attached hydrogens (tertiary/aromatic N) is 1. The number of hydrogen-bond acceptors (Lipinski definition) is 11. The molecule has 54 heavy (non-hydrogen) atoms. The molecule has 7 aliphatic rings. The van der Waals surface area contributed by atoms with E-state index in [4.69, 9.17) is 28.4 Å². The molecular formula is C43H63NO10. The quantitative estimate of drug-likeness (QED) is 0.129. The molecule has 0 aromatic rings. The molecule has 0 aromatic heterocycles. The Bertz CT molecular complexity index is 1530. The Morgan fingerprint density at radius 2 is 1.80 bits per heavy atom. The summed E-state index contributed by atoms with van der Waals surface area (Å²) in [7, 11) is 1.64. The number of carbonyl (C=O) groups is 1. The Kier molecular flexibility index (Phi) is 12.0. The second-order valence-corrected chi connectivity index (χ2v) is 17.5. The molecule has 0 amide bonds. The van der Waals surface area contributed by atoms with Crippen molar-refractivity contribution in [2.45, 2.75) is 165 Å². The topological polar surface area (TPSA) is 146 Å². The molecular weight excluding hydrogens is 690 g/mol. The van der Waals surface area contributed by atoms with Crippen LogP contribution >= 0.6 is 0 Å². The van der Waals surface area contributed by atoms with Crippen LogP contribution in [-0.4, -0.2) is 101 Å². The molecule has 0 aromatic carbocycles. The lowest BCUT2D eigenvalue weighted by molar-refractivity contribution is -0.342. The van der Waals surface area contributed by atoms with Crippen molar-refractivity contribution >= 4 is 11.7 Å². The number of hydrogen-bond donors (Lipinski definition) is 3. The number of carbonyl (C=O) groups excluding carboxylic acids is 1. The van der Waals surface area contributed by atoms with E-state index >= 15 is 0 Å². The van der Waals surface area contributed by atoms with Gasteiger partial charge in [-0.1, -0.05) is 74.2 Å². The Labute approximate surface area is 320 Å². The number of ether oxygens (including phenoxy) is 6. The SMILES string of the molecule is CO[C@H]1CC([C@@H]2/C(C)=C/C[C@@H]3C[C@@H](C[C@]4(CC[C@H](C)[C@@H](C5CCCCC5)O4)O3)OC(=O)[C@@H]3C=C(C)/C(=N/O)[C@H]4OC/C(=C\C=C\[C@@H]2C)[C@]43O)O[C@@H](C)[C@@H]1O. The van der Waals surface area contributed by atoms with Crippen molar-refractivity contribution in [3.8, 4) is 0 Å². The van der Waals surface area contributed by atoms with Crippen molar-refractivity contribution in [1.29, 1.82) is 0 Å². The largest absolute Gasteiger partial charge is 0.462 e. The van der Waals surface area contributed by atoms with Gasteiger partial charge in [0.25, 0.3) is 0 Å². The van der Waals surface area contributed by atoms with Crippen LogP contribution in [0, 0.1) is 29.6 Å². The summed E-state index contributed by atoms with van der Waals surface area (Å²) >= 11 is 0. The highest BCUT2D eigenvalue weighted by molar-refractivity contribution is 6.06. The van der Waals surface area contributed by atoms with Crippen LogP contribution in [-0.2, 0) is 33.2 Å². The molecule has 5 fully saturated rings. The van der Waals surface area contributed by atoms with Crippen molar-refractivity contribution in [2.75, 3.05) is 13.7 Å². The molecule has 11 heteroatoms. The van der Waals surface area contributed by atoms with Crippen LogP contribution < -0.4 is 0 Å². The van der Waals surface area contributed by atoms with Crippen molar-refractivity contribution in [3.05, 3.63) is 47.1 Å². The van der Waals surface area contributed by atoms with Gasteiger partial charge in [0, 0.05) is 38.7 Å². The monoisotopic (exact) mass is 753 g/mol. The van der Waals surface area contributed by atoms with Crippen molar-refractivity contribution < 1.29 is 48.6 Å². The summed E-state index contributed by atoms with van der Waals surface area (Å²) in [5, 5.41) is 36.9. The van der Waals surface area contributed by atoms with E-state index in [1.54, 1.807) is 20.1 Å². The second kappa shape index (κ2) is 16.2. The molecule has 5 heterocycles. The summed E-state index contributed by atoms with van der Waals surface area (Å²) in [6, 6.07) is 0. The minimum Gasteiger partial charge on any atom is -0.462 e. The Balaban J connectivity index is 1.28. The zero-order chi connectivity index (χ0) is 38.4. The van der Waals surface area contributed by atoms with Gasteiger partial charge in [0.1, 0.15) is 35.5 Å². The third kappa shape index (κ3) is 7.55. The molecule has 2 bridgehead atoms. The van der Waals surface area contributed by atoms with Gasteiger partial charge in [-0.15, -0.1) is 0 Å². The number of rotatable bonds is 3. The number of esters is 1. The molecule has 2 aliphatic carbocycles. The first-order valence-electron chi connectivity index (χ1n) is 20.6. The maximum Gasteiger partial charge on any atom is 0.316 e. The van der Waals surface area contributed by atoms with Crippen molar-refractivity contribution in [2.24, 2.45) is 34.7 Å². The van der Waals surface area contributed by atoms with E-state index in [2.05, 4.69) is 38.1 Å². The highest BCUT2D eigenvalue weighted by Gasteiger charge is 2.60. The molecule has 7 rings (SSSR count). The number of oxime groups is 1. The van der Waals surface area contributed by atoms with E-state index in [1.165, 1.54) is 19.3 Å². The Morgan fingerprint density at radius 1 is 1.02 bits per heavy atom. The normalized spacial score (nSPS) is 48.6. The molecule has 1 spiro atoms. The van der Waals surface area contributed by atoms with E-state index in [0.29, 0.717) is 48.7 Å².